The number of aromatic nitrogens is 2. The number of morpholine rings is 1. The normalized spacial score (nSPS) is 23.1. The fourth-order valence-electron chi connectivity index (χ4n) is 8.25. The van der Waals surface area contributed by atoms with Crippen LogP contribution in [0.5, 0.6) is 6.01 Å². The second-order valence-corrected chi connectivity index (χ2v) is 15.0. The number of piperidine rings is 1. The van der Waals surface area contributed by atoms with Gasteiger partial charge in [-0.25, -0.2) is 13.2 Å². The molecule has 0 radical (unpaired) electrons. The third-order valence-corrected chi connectivity index (χ3v) is 12.1. The van der Waals surface area contributed by atoms with Crippen LogP contribution in [0.3, 0.4) is 0 Å². The van der Waals surface area contributed by atoms with Crippen molar-refractivity contribution in [3.05, 3.63) is 40.4 Å². The van der Waals surface area contributed by atoms with Gasteiger partial charge in [-0.1, -0.05) is 17.7 Å². The maximum Gasteiger partial charge on any atom is 0.319 e. The van der Waals surface area contributed by atoms with Gasteiger partial charge in [0.2, 0.25) is 5.91 Å². The summed E-state index contributed by atoms with van der Waals surface area (Å²) in [5.41, 5.74) is 5.72. The van der Waals surface area contributed by atoms with Gasteiger partial charge in [-0.15, -0.1) is 11.3 Å². The lowest BCUT2D eigenvalue weighted by molar-refractivity contribution is -0.140. The fourth-order valence-corrected chi connectivity index (χ4v) is 9.49. The Morgan fingerprint density at radius 3 is 2.72 bits per heavy atom. The first-order chi connectivity index (χ1) is 24.2. The molecule has 6 heterocycles. The number of hydrogen-bond donors (Lipinski definition) is 1. The molecule has 4 aromatic rings. The van der Waals surface area contributed by atoms with Crippen molar-refractivity contribution in [1.82, 2.24) is 19.8 Å². The molecule has 0 unspecified atom stereocenters. The highest BCUT2D eigenvalue weighted by molar-refractivity contribution is 7.23. The zero-order valence-electron chi connectivity index (χ0n) is 27.2. The molecule has 262 valence electrons. The van der Waals surface area contributed by atoms with E-state index in [0.717, 1.165) is 30.7 Å². The van der Waals surface area contributed by atoms with E-state index in [0.29, 0.717) is 76.4 Å². The first kappa shape index (κ1) is 33.3. The van der Waals surface area contributed by atoms with Crippen LogP contribution in [0.4, 0.5) is 24.0 Å². The number of rotatable bonds is 6. The summed E-state index contributed by atoms with van der Waals surface area (Å²) in [4.78, 5) is 28.6. The van der Waals surface area contributed by atoms with Gasteiger partial charge in [0.05, 0.1) is 34.0 Å². The van der Waals surface area contributed by atoms with E-state index in [-0.39, 0.29) is 66.8 Å². The molecule has 1 amide bonds. The van der Waals surface area contributed by atoms with Crippen LogP contribution in [-0.2, 0) is 9.53 Å². The topological polar surface area (TPSA) is 121 Å². The highest BCUT2D eigenvalue weighted by atomic mass is 35.5. The molecule has 10 nitrogen and oxygen atoms in total. The molecule has 4 aliphatic rings. The number of amides is 1. The highest BCUT2D eigenvalue weighted by Gasteiger charge is 2.49. The van der Waals surface area contributed by atoms with Crippen LogP contribution in [-0.4, -0.2) is 96.5 Å². The molecule has 2 aromatic heterocycles. The molecule has 2 aromatic carbocycles. The molecule has 15 heteroatoms. The summed E-state index contributed by atoms with van der Waals surface area (Å²) in [6.07, 6.45) is 2.25. The molecule has 4 saturated heterocycles. The fraction of sp³-hybridized carbons (Fsp3) is 0.486. The lowest BCUT2D eigenvalue weighted by atomic mass is 9.94. The number of nitrogens with two attached hydrogens (primary N) is 1. The smallest absolute Gasteiger partial charge is 0.319 e. The number of anilines is 2. The Labute approximate surface area is 295 Å². The Hall–Kier alpha value is -3.90. The number of hydrogen-bond acceptors (Lipinski definition) is 10. The second kappa shape index (κ2) is 13.0. The molecule has 0 saturated carbocycles. The van der Waals surface area contributed by atoms with Crippen molar-refractivity contribution in [2.45, 2.75) is 43.8 Å². The minimum absolute atomic E-state index is 0.0212. The number of thiophene rings is 1. The summed E-state index contributed by atoms with van der Waals surface area (Å²) in [7, 11) is 0. The van der Waals surface area contributed by atoms with E-state index < -0.39 is 23.3 Å². The number of alkyl halides is 1. The molecular weight excluding hydrogens is 691 g/mol. The molecular formula is C35H35ClF3N7O3S. The highest BCUT2D eigenvalue weighted by Crippen LogP contribution is 2.46. The van der Waals surface area contributed by atoms with Crippen LogP contribution >= 0.6 is 22.9 Å². The summed E-state index contributed by atoms with van der Waals surface area (Å²) in [5.74, 6) is -1.00. The summed E-state index contributed by atoms with van der Waals surface area (Å²) in [6.45, 7) is 4.45. The molecule has 0 spiro atoms. The molecule has 2 atom stereocenters. The number of carbonyl (C=O) groups is 1. The van der Waals surface area contributed by atoms with Gasteiger partial charge in [0.1, 0.15) is 41.0 Å². The van der Waals surface area contributed by atoms with Crippen LogP contribution in [0.1, 0.15) is 37.7 Å². The van der Waals surface area contributed by atoms with E-state index in [2.05, 4.69) is 9.88 Å². The van der Waals surface area contributed by atoms with E-state index in [1.807, 2.05) is 15.9 Å². The molecule has 4 aliphatic heterocycles. The van der Waals surface area contributed by atoms with E-state index in [1.54, 1.807) is 6.07 Å². The average molecular weight is 726 g/mol. The Morgan fingerprint density at radius 2 is 1.96 bits per heavy atom. The summed E-state index contributed by atoms with van der Waals surface area (Å²) in [5, 5.41) is 10.5. The lowest BCUT2D eigenvalue weighted by Crippen LogP contribution is -2.47. The number of nitriles is 1. The molecule has 50 heavy (non-hydrogen) atoms. The molecule has 8 rings (SSSR count). The molecule has 0 bridgehead atoms. The van der Waals surface area contributed by atoms with Crippen LogP contribution in [0.25, 0.3) is 32.1 Å². The second-order valence-electron chi connectivity index (χ2n) is 13.6. The largest absolute Gasteiger partial charge is 0.461 e. The Balaban J connectivity index is 1.20. The Kier molecular flexibility index (Phi) is 8.65. The van der Waals surface area contributed by atoms with Gasteiger partial charge in [0, 0.05) is 61.4 Å². The van der Waals surface area contributed by atoms with Crippen molar-refractivity contribution in [1.29, 1.82) is 5.26 Å². The van der Waals surface area contributed by atoms with Crippen molar-refractivity contribution in [3.8, 4) is 23.2 Å². The average Bonchev–Trinajstić information content (AvgIpc) is 3.77. The van der Waals surface area contributed by atoms with Crippen molar-refractivity contribution in [2.24, 2.45) is 5.92 Å². The standard InChI is InChI=1S/C35H35ClF3N7O3S/c36-24-14-22-29(28(39)27(24)21-2-3-25(38)30-26(21)23(16-40)31(41)50-30)42-34(49-18-35-6-1-7-46(35)17-20(37)15-35)43-32(22)44-8-4-19(5-9-44)33(47)45-10-12-48-13-11-45/h2-3,14,19-20H,1,4-13,15,17-18,41H2/t20-,35+/m1/s1. The maximum atomic E-state index is 17.0. The maximum absolute atomic E-state index is 17.0. The molecule has 2 N–H and O–H groups in total. The third-order valence-electron chi connectivity index (χ3n) is 10.7. The minimum atomic E-state index is -0.951. The molecule has 4 fully saturated rings. The van der Waals surface area contributed by atoms with Gasteiger partial charge < -0.3 is 25.0 Å². The lowest BCUT2D eigenvalue weighted by Gasteiger charge is -2.36. The SMILES string of the molecule is N#Cc1c(N)sc2c(F)ccc(-c3c(Cl)cc4c(N5CCC(C(=O)N6CCOCC6)CC5)nc(OC[C@@]56CCCN5C[C@H](F)C6)nc4c3F)c12. The minimum Gasteiger partial charge on any atom is -0.461 e. The van der Waals surface area contributed by atoms with Gasteiger partial charge >= 0.3 is 6.01 Å². The van der Waals surface area contributed by atoms with Crippen LogP contribution < -0.4 is 15.4 Å². The summed E-state index contributed by atoms with van der Waals surface area (Å²) < 4.78 is 58.3. The van der Waals surface area contributed by atoms with Gasteiger partial charge in [0.15, 0.2) is 5.82 Å². The number of benzene rings is 2. The van der Waals surface area contributed by atoms with Gasteiger partial charge in [-0.3, -0.25) is 9.69 Å². The number of nitrogens with zero attached hydrogens (tertiary/aromatic N) is 6. The number of fused-ring (bicyclic) bond motifs is 3. The number of carbonyl (C=O) groups excluding carboxylic acids is 1. The monoisotopic (exact) mass is 725 g/mol. The van der Waals surface area contributed by atoms with Crippen LogP contribution in [0.2, 0.25) is 5.02 Å². The predicted molar refractivity (Wildman–Crippen MR) is 185 cm³/mol. The quantitative estimate of drug-likeness (QED) is 0.258. The van der Waals surface area contributed by atoms with Crippen LogP contribution in [0.15, 0.2) is 18.2 Å². The van der Waals surface area contributed by atoms with Crippen molar-refractivity contribution in [2.75, 3.05) is 69.7 Å². The van der Waals surface area contributed by atoms with Crippen molar-refractivity contribution in [3.63, 3.8) is 0 Å². The zero-order chi connectivity index (χ0) is 34.7. The zero-order valence-corrected chi connectivity index (χ0v) is 28.8. The van der Waals surface area contributed by atoms with Crippen molar-refractivity contribution >= 4 is 60.7 Å². The van der Waals surface area contributed by atoms with Gasteiger partial charge in [-0.2, -0.15) is 15.2 Å². The van der Waals surface area contributed by atoms with Gasteiger partial charge in [-0.05, 0) is 49.9 Å². The first-order valence-electron chi connectivity index (χ1n) is 16.9. The van der Waals surface area contributed by atoms with E-state index in [9.17, 15) is 18.8 Å². The number of halogens is 4. The van der Waals surface area contributed by atoms with E-state index in [4.69, 9.17) is 31.8 Å². The summed E-state index contributed by atoms with van der Waals surface area (Å²) in [6, 6.07) is 6.13. The number of ether oxygens (including phenoxy) is 2. The number of nitrogen functional groups attached to an aromatic ring is 1. The van der Waals surface area contributed by atoms with Crippen LogP contribution in [0, 0.1) is 28.9 Å². The Bertz CT molecular complexity index is 2050. The molecule has 0 aliphatic carbocycles. The first-order valence-corrected chi connectivity index (χ1v) is 18.1. The summed E-state index contributed by atoms with van der Waals surface area (Å²) >= 11 is 7.77. The van der Waals surface area contributed by atoms with E-state index in [1.165, 1.54) is 12.1 Å². The Morgan fingerprint density at radius 1 is 1.18 bits per heavy atom. The van der Waals surface area contributed by atoms with Gasteiger partial charge in [0.25, 0.3) is 0 Å². The third kappa shape index (κ3) is 5.59. The van der Waals surface area contributed by atoms with Crippen molar-refractivity contribution < 1.29 is 27.4 Å². The van der Waals surface area contributed by atoms with E-state index >= 15 is 4.39 Å². The predicted octanol–water partition coefficient (Wildman–Crippen LogP) is 5.93.